The standard InChI is InChI=1S/C22H35N3O3/c1-3-28-21(26)20-12-9-15-25(18-20)22(23-2)24-14-7-8-16-27-17-13-19-10-5-4-6-11-19/h4-6,10-11,20H,3,7-9,12-18H2,1-2H3,(H,23,24). The molecule has 1 heterocycles. The van der Waals surface area contributed by atoms with Crippen molar-refractivity contribution in [3.8, 4) is 0 Å². The van der Waals surface area contributed by atoms with E-state index in [1.807, 2.05) is 13.0 Å². The first-order valence-corrected chi connectivity index (χ1v) is 10.5. The van der Waals surface area contributed by atoms with Crippen LogP contribution in [-0.2, 0) is 20.7 Å². The number of hydrogen-bond donors (Lipinski definition) is 1. The van der Waals surface area contributed by atoms with Gasteiger partial charge in [0.05, 0.1) is 19.1 Å². The fraction of sp³-hybridized carbons (Fsp3) is 0.636. The number of unbranched alkanes of at least 4 members (excludes halogenated alkanes) is 1. The van der Waals surface area contributed by atoms with Gasteiger partial charge in [-0.25, -0.2) is 0 Å². The van der Waals surface area contributed by atoms with Crippen LogP contribution in [0.3, 0.4) is 0 Å². The minimum Gasteiger partial charge on any atom is -0.466 e. The van der Waals surface area contributed by atoms with Gasteiger partial charge in [-0.05, 0) is 44.6 Å². The second-order valence-corrected chi connectivity index (χ2v) is 7.07. The highest BCUT2D eigenvalue weighted by Gasteiger charge is 2.28. The number of ether oxygens (including phenoxy) is 2. The third-order valence-corrected chi connectivity index (χ3v) is 4.93. The number of carbonyl (C=O) groups is 1. The number of hydrogen-bond acceptors (Lipinski definition) is 4. The molecule has 28 heavy (non-hydrogen) atoms. The fourth-order valence-corrected chi connectivity index (χ4v) is 3.42. The van der Waals surface area contributed by atoms with Crippen LogP contribution < -0.4 is 5.32 Å². The fourth-order valence-electron chi connectivity index (χ4n) is 3.42. The van der Waals surface area contributed by atoms with Crippen molar-refractivity contribution in [3.05, 3.63) is 35.9 Å². The summed E-state index contributed by atoms with van der Waals surface area (Å²) in [5, 5.41) is 3.42. The summed E-state index contributed by atoms with van der Waals surface area (Å²) >= 11 is 0. The molecule has 1 N–H and O–H groups in total. The zero-order valence-electron chi connectivity index (χ0n) is 17.4. The van der Waals surface area contributed by atoms with E-state index in [0.29, 0.717) is 13.2 Å². The Morgan fingerprint density at radius 1 is 1.25 bits per heavy atom. The summed E-state index contributed by atoms with van der Waals surface area (Å²) in [6.07, 6.45) is 4.89. The van der Waals surface area contributed by atoms with Crippen LogP contribution in [0.1, 0.15) is 38.2 Å². The zero-order valence-corrected chi connectivity index (χ0v) is 17.4. The van der Waals surface area contributed by atoms with E-state index < -0.39 is 0 Å². The number of nitrogens with one attached hydrogen (secondary N) is 1. The normalized spacial score (nSPS) is 17.4. The molecule has 6 heteroatoms. The Morgan fingerprint density at radius 3 is 2.82 bits per heavy atom. The van der Waals surface area contributed by atoms with Gasteiger partial charge in [-0.3, -0.25) is 9.79 Å². The molecule has 1 atom stereocenters. The smallest absolute Gasteiger partial charge is 0.310 e. The van der Waals surface area contributed by atoms with Crippen molar-refractivity contribution >= 4 is 11.9 Å². The topological polar surface area (TPSA) is 63.2 Å². The van der Waals surface area contributed by atoms with E-state index >= 15 is 0 Å². The molecule has 1 saturated heterocycles. The van der Waals surface area contributed by atoms with Crippen molar-refractivity contribution in [3.63, 3.8) is 0 Å². The van der Waals surface area contributed by atoms with Crippen LogP contribution >= 0.6 is 0 Å². The van der Waals surface area contributed by atoms with Crippen molar-refractivity contribution in [2.45, 2.75) is 39.0 Å². The molecular formula is C22H35N3O3. The molecule has 0 saturated carbocycles. The molecule has 2 rings (SSSR count). The second-order valence-electron chi connectivity index (χ2n) is 7.07. The molecular weight excluding hydrogens is 354 g/mol. The van der Waals surface area contributed by atoms with Crippen LogP contribution in [0.2, 0.25) is 0 Å². The molecule has 0 aliphatic carbocycles. The predicted molar refractivity (Wildman–Crippen MR) is 112 cm³/mol. The lowest BCUT2D eigenvalue weighted by Gasteiger charge is -2.33. The SMILES string of the molecule is CCOC(=O)C1CCCN(C(=NC)NCCCCOCCc2ccccc2)C1. The van der Waals surface area contributed by atoms with Gasteiger partial charge in [0.1, 0.15) is 0 Å². The largest absolute Gasteiger partial charge is 0.466 e. The lowest BCUT2D eigenvalue weighted by molar-refractivity contribution is -0.149. The number of carbonyl (C=O) groups excluding carboxylic acids is 1. The van der Waals surface area contributed by atoms with E-state index in [1.54, 1.807) is 7.05 Å². The molecule has 0 spiro atoms. The number of aliphatic imine (C=N–C) groups is 1. The molecule has 1 fully saturated rings. The van der Waals surface area contributed by atoms with Crippen LogP contribution in [0.5, 0.6) is 0 Å². The summed E-state index contributed by atoms with van der Waals surface area (Å²) in [7, 11) is 1.79. The highest BCUT2D eigenvalue weighted by Crippen LogP contribution is 2.18. The van der Waals surface area contributed by atoms with Gasteiger partial charge in [0.15, 0.2) is 5.96 Å². The third kappa shape index (κ3) is 7.89. The van der Waals surface area contributed by atoms with Crippen molar-refractivity contribution in [2.24, 2.45) is 10.9 Å². The maximum absolute atomic E-state index is 12.0. The van der Waals surface area contributed by atoms with Gasteiger partial charge in [-0.2, -0.15) is 0 Å². The number of likely N-dealkylation sites (tertiary alicyclic amines) is 1. The van der Waals surface area contributed by atoms with Crippen molar-refractivity contribution < 1.29 is 14.3 Å². The molecule has 6 nitrogen and oxygen atoms in total. The third-order valence-electron chi connectivity index (χ3n) is 4.93. The zero-order chi connectivity index (χ0) is 20.0. The van der Waals surface area contributed by atoms with Gasteiger partial charge in [-0.1, -0.05) is 30.3 Å². The highest BCUT2D eigenvalue weighted by atomic mass is 16.5. The number of esters is 1. The molecule has 1 aromatic rings. The molecule has 1 unspecified atom stereocenters. The van der Waals surface area contributed by atoms with E-state index in [1.165, 1.54) is 5.56 Å². The maximum Gasteiger partial charge on any atom is 0.310 e. The van der Waals surface area contributed by atoms with E-state index in [0.717, 1.165) is 64.4 Å². The first kappa shape index (κ1) is 22.2. The Hall–Kier alpha value is -2.08. The lowest BCUT2D eigenvalue weighted by atomic mass is 9.98. The lowest BCUT2D eigenvalue weighted by Crippen LogP contribution is -2.48. The number of piperidine rings is 1. The van der Waals surface area contributed by atoms with Gasteiger partial charge in [-0.15, -0.1) is 0 Å². The van der Waals surface area contributed by atoms with E-state index in [-0.39, 0.29) is 11.9 Å². The van der Waals surface area contributed by atoms with Crippen molar-refractivity contribution in [1.29, 1.82) is 0 Å². The van der Waals surface area contributed by atoms with E-state index in [4.69, 9.17) is 9.47 Å². The molecule has 1 aromatic carbocycles. The van der Waals surface area contributed by atoms with Crippen LogP contribution in [0.4, 0.5) is 0 Å². The van der Waals surface area contributed by atoms with Gasteiger partial charge >= 0.3 is 5.97 Å². The van der Waals surface area contributed by atoms with Crippen molar-refractivity contribution in [2.75, 3.05) is 46.5 Å². The summed E-state index contributed by atoms with van der Waals surface area (Å²) in [4.78, 5) is 18.6. The Morgan fingerprint density at radius 2 is 2.07 bits per heavy atom. The van der Waals surface area contributed by atoms with E-state index in [2.05, 4.69) is 39.5 Å². The minimum absolute atomic E-state index is 0.0507. The molecule has 0 bridgehead atoms. The molecule has 0 amide bonds. The minimum atomic E-state index is -0.0877. The van der Waals surface area contributed by atoms with E-state index in [9.17, 15) is 4.79 Å². The molecule has 156 valence electrons. The monoisotopic (exact) mass is 389 g/mol. The molecule has 1 aliphatic rings. The second kappa shape index (κ2) is 13.2. The number of guanidine groups is 1. The molecule has 0 aromatic heterocycles. The van der Waals surface area contributed by atoms with Crippen LogP contribution in [-0.4, -0.2) is 63.3 Å². The van der Waals surface area contributed by atoms with Crippen molar-refractivity contribution in [1.82, 2.24) is 10.2 Å². The first-order chi connectivity index (χ1) is 13.7. The highest BCUT2D eigenvalue weighted by molar-refractivity contribution is 5.81. The summed E-state index contributed by atoms with van der Waals surface area (Å²) in [5.41, 5.74) is 1.32. The summed E-state index contributed by atoms with van der Waals surface area (Å²) < 4.78 is 10.9. The summed E-state index contributed by atoms with van der Waals surface area (Å²) in [6, 6.07) is 10.4. The molecule has 1 aliphatic heterocycles. The van der Waals surface area contributed by atoms with Gasteiger partial charge < -0.3 is 19.7 Å². The van der Waals surface area contributed by atoms with Crippen LogP contribution in [0, 0.1) is 5.92 Å². The maximum atomic E-state index is 12.0. The number of benzene rings is 1. The molecule has 0 radical (unpaired) electrons. The van der Waals surface area contributed by atoms with Gasteiger partial charge in [0, 0.05) is 33.3 Å². The first-order valence-electron chi connectivity index (χ1n) is 10.5. The summed E-state index contributed by atoms with van der Waals surface area (Å²) in [5.74, 6) is 0.736. The average molecular weight is 390 g/mol. The van der Waals surface area contributed by atoms with Crippen LogP contribution in [0.15, 0.2) is 35.3 Å². The Labute approximate surface area is 169 Å². The van der Waals surface area contributed by atoms with Crippen LogP contribution in [0.25, 0.3) is 0 Å². The predicted octanol–water partition coefficient (Wildman–Crippen LogP) is 2.88. The Kier molecular flexibility index (Phi) is 10.4. The Bertz CT molecular complexity index is 592. The number of nitrogens with zero attached hydrogens (tertiary/aromatic N) is 2. The summed E-state index contributed by atoms with van der Waals surface area (Å²) in [6.45, 7) is 6.30. The van der Waals surface area contributed by atoms with Gasteiger partial charge in [0.25, 0.3) is 0 Å². The van der Waals surface area contributed by atoms with Gasteiger partial charge in [0.2, 0.25) is 0 Å². The quantitative estimate of drug-likeness (QED) is 0.289. The number of rotatable bonds is 10. The average Bonchev–Trinajstić information content (AvgIpc) is 2.74. The Balaban J connectivity index is 1.57.